The summed E-state index contributed by atoms with van der Waals surface area (Å²) in [7, 11) is 1.84. The Morgan fingerprint density at radius 3 is 2.68 bits per heavy atom. The summed E-state index contributed by atoms with van der Waals surface area (Å²) in [5, 5.41) is 7.79. The maximum absolute atomic E-state index is 6.50. The fourth-order valence-corrected chi connectivity index (χ4v) is 2.72. The SMILES string of the molecule is Cc1c(C(C)N)ccc(-c2ncnc(Nc3cnn(C)c3)n2)c1Cl.Cl. The Morgan fingerprint density at radius 2 is 2.04 bits per heavy atom. The highest BCUT2D eigenvalue weighted by molar-refractivity contribution is 6.34. The third kappa shape index (κ3) is 4.07. The average Bonchev–Trinajstić information content (AvgIpc) is 2.95. The fraction of sp³-hybridized carbons (Fsp3) is 0.250. The number of aromatic nitrogens is 5. The second kappa shape index (κ2) is 7.77. The summed E-state index contributed by atoms with van der Waals surface area (Å²) in [6, 6.07) is 3.76. The summed E-state index contributed by atoms with van der Waals surface area (Å²) < 4.78 is 1.69. The van der Waals surface area contributed by atoms with Crippen molar-refractivity contribution in [3.8, 4) is 11.4 Å². The average molecular weight is 380 g/mol. The number of hydrogen-bond acceptors (Lipinski definition) is 6. The van der Waals surface area contributed by atoms with Gasteiger partial charge < -0.3 is 11.1 Å². The summed E-state index contributed by atoms with van der Waals surface area (Å²) in [5.74, 6) is 0.929. The summed E-state index contributed by atoms with van der Waals surface area (Å²) in [4.78, 5) is 12.8. The molecule has 7 nitrogen and oxygen atoms in total. The van der Waals surface area contributed by atoms with Crippen molar-refractivity contribution in [2.75, 3.05) is 5.32 Å². The first-order valence-electron chi connectivity index (χ1n) is 7.45. The molecule has 3 rings (SSSR count). The maximum Gasteiger partial charge on any atom is 0.230 e. The van der Waals surface area contributed by atoms with E-state index in [4.69, 9.17) is 17.3 Å². The van der Waals surface area contributed by atoms with E-state index in [0.29, 0.717) is 16.8 Å². The van der Waals surface area contributed by atoms with Crippen molar-refractivity contribution in [2.45, 2.75) is 19.9 Å². The van der Waals surface area contributed by atoms with Crippen LogP contribution in [0.25, 0.3) is 11.4 Å². The van der Waals surface area contributed by atoms with Crippen molar-refractivity contribution < 1.29 is 0 Å². The van der Waals surface area contributed by atoms with Gasteiger partial charge in [0.25, 0.3) is 0 Å². The van der Waals surface area contributed by atoms with Crippen LogP contribution >= 0.6 is 24.0 Å². The summed E-state index contributed by atoms with van der Waals surface area (Å²) in [6.45, 7) is 3.87. The molecule has 2 heterocycles. The zero-order valence-corrected chi connectivity index (χ0v) is 15.6. The van der Waals surface area contributed by atoms with Crippen LogP contribution in [0.5, 0.6) is 0 Å². The second-order valence-electron chi connectivity index (χ2n) is 5.59. The molecule has 0 amide bonds. The van der Waals surface area contributed by atoms with Crippen LogP contribution in [0.4, 0.5) is 11.6 Å². The maximum atomic E-state index is 6.50. The lowest BCUT2D eigenvalue weighted by atomic mass is 10.00. The highest BCUT2D eigenvalue weighted by Gasteiger charge is 2.14. The first-order valence-corrected chi connectivity index (χ1v) is 7.83. The van der Waals surface area contributed by atoms with Crippen molar-refractivity contribution in [3.63, 3.8) is 0 Å². The Morgan fingerprint density at radius 1 is 1.28 bits per heavy atom. The molecule has 0 saturated heterocycles. The Kier molecular flexibility index (Phi) is 5.94. The normalized spacial score (nSPS) is 11.7. The second-order valence-corrected chi connectivity index (χ2v) is 5.97. The molecule has 0 bridgehead atoms. The number of benzene rings is 1. The number of nitrogens with two attached hydrogens (primary N) is 1. The quantitative estimate of drug-likeness (QED) is 0.720. The van der Waals surface area contributed by atoms with E-state index in [1.54, 1.807) is 10.9 Å². The standard InChI is InChI=1S/C16H18ClN7.ClH/c1-9-12(10(2)18)4-5-13(14(9)17)15-19-8-20-16(23-15)22-11-6-21-24(3)7-11;/h4-8,10H,18H2,1-3H3,(H,19,20,22,23);1H. The van der Waals surface area contributed by atoms with E-state index < -0.39 is 0 Å². The van der Waals surface area contributed by atoms with Crippen molar-refractivity contribution in [2.24, 2.45) is 12.8 Å². The first kappa shape index (κ1) is 19.1. The van der Waals surface area contributed by atoms with Crippen LogP contribution in [-0.4, -0.2) is 24.7 Å². The van der Waals surface area contributed by atoms with Crippen LogP contribution in [0.3, 0.4) is 0 Å². The molecule has 1 unspecified atom stereocenters. The van der Waals surface area contributed by atoms with E-state index in [1.165, 1.54) is 6.33 Å². The lowest BCUT2D eigenvalue weighted by Crippen LogP contribution is -2.08. The highest BCUT2D eigenvalue weighted by atomic mass is 35.5. The van der Waals surface area contributed by atoms with Gasteiger partial charge in [-0.1, -0.05) is 17.7 Å². The summed E-state index contributed by atoms with van der Waals surface area (Å²) >= 11 is 6.50. The first-order chi connectivity index (χ1) is 11.5. The van der Waals surface area contributed by atoms with Gasteiger partial charge in [0.05, 0.1) is 16.9 Å². The van der Waals surface area contributed by atoms with E-state index in [-0.39, 0.29) is 18.4 Å². The Balaban J connectivity index is 0.00000225. The molecular weight excluding hydrogens is 361 g/mol. The molecule has 0 aliphatic carbocycles. The Bertz CT molecular complexity index is 877. The van der Waals surface area contributed by atoms with Gasteiger partial charge in [-0.2, -0.15) is 10.1 Å². The predicted molar refractivity (Wildman–Crippen MR) is 101 cm³/mol. The fourth-order valence-electron chi connectivity index (χ4n) is 2.47. The molecule has 0 aliphatic rings. The lowest BCUT2D eigenvalue weighted by molar-refractivity contribution is 0.768. The topological polar surface area (TPSA) is 94.5 Å². The minimum atomic E-state index is -0.0854. The number of nitrogens with zero attached hydrogens (tertiary/aromatic N) is 5. The van der Waals surface area contributed by atoms with Crippen LogP contribution in [-0.2, 0) is 7.05 Å². The van der Waals surface area contributed by atoms with Gasteiger partial charge in [-0.05, 0) is 31.0 Å². The third-order valence-electron chi connectivity index (χ3n) is 3.69. The molecule has 9 heteroatoms. The predicted octanol–water partition coefficient (Wildman–Crippen LogP) is 3.42. The number of anilines is 2. The van der Waals surface area contributed by atoms with Crippen LogP contribution in [0.1, 0.15) is 24.1 Å². The minimum Gasteiger partial charge on any atom is -0.324 e. The van der Waals surface area contributed by atoms with E-state index in [2.05, 4.69) is 25.4 Å². The van der Waals surface area contributed by atoms with E-state index in [0.717, 1.165) is 22.4 Å². The Hall–Kier alpha value is -2.22. The van der Waals surface area contributed by atoms with Crippen molar-refractivity contribution in [1.29, 1.82) is 0 Å². The van der Waals surface area contributed by atoms with Gasteiger partial charge in [-0.3, -0.25) is 4.68 Å². The molecule has 0 radical (unpaired) electrons. The van der Waals surface area contributed by atoms with Gasteiger partial charge in [0.1, 0.15) is 6.33 Å². The molecule has 1 aromatic carbocycles. The monoisotopic (exact) mass is 379 g/mol. The van der Waals surface area contributed by atoms with Crippen molar-refractivity contribution in [3.05, 3.63) is 47.0 Å². The smallest absolute Gasteiger partial charge is 0.230 e. The Labute approximate surface area is 157 Å². The number of aryl methyl sites for hydroxylation is 1. The molecule has 0 aliphatic heterocycles. The van der Waals surface area contributed by atoms with E-state index in [1.807, 2.05) is 39.2 Å². The molecule has 0 fully saturated rings. The largest absolute Gasteiger partial charge is 0.324 e. The van der Waals surface area contributed by atoms with Crippen LogP contribution in [0.2, 0.25) is 5.02 Å². The molecule has 25 heavy (non-hydrogen) atoms. The number of nitrogens with one attached hydrogen (secondary N) is 1. The van der Waals surface area contributed by atoms with Crippen molar-refractivity contribution >= 4 is 35.6 Å². The van der Waals surface area contributed by atoms with Gasteiger partial charge in [0, 0.05) is 24.8 Å². The molecule has 0 spiro atoms. The third-order valence-corrected chi connectivity index (χ3v) is 4.18. The van der Waals surface area contributed by atoms with Gasteiger partial charge in [0.2, 0.25) is 5.95 Å². The molecule has 0 saturated carbocycles. The van der Waals surface area contributed by atoms with Gasteiger partial charge in [-0.15, -0.1) is 12.4 Å². The molecule has 3 N–H and O–H groups in total. The number of rotatable bonds is 4. The number of halogens is 2. The minimum absolute atomic E-state index is 0. The van der Waals surface area contributed by atoms with Crippen molar-refractivity contribution in [1.82, 2.24) is 24.7 Å². The number of hydrogen-bond donors (Lipinski definition) is 2. The zero-order chi connectivity index (χ0) is 17.3. The van der Waals surface area contributed by atoms with Crippen LogP contribution < -0.4 is 11.1 Å². The van der Waals surface area contributed by atoms with Crippen LogP contribution in [0.15, 0.2) is 30.9 Å². The summed E-state index contributed by atoms with van der Waals surface area (Å²) in [5.41, 5.74) is 9.45. The van der Waals surface area contributed by atoms with Gasteiger partial charge in [-0.25, -0.2) is 9.97 Å². The molecule has 3 aromatic rings. The molecule has 2 aromatic heterocycles. The highest BCUT2D eigenvalue weighted by Crippen LogP contribution is 2.32. The van der Waals surface area contributed by atoms with E-state index >= 15 is 0 Å². The van der Waals surface area contributed by atoms with E-state index in [9.17, 15) is 0 Å². The molecular formula is C16H19Cl2N7. The lowest BCUT2D eigenvalue weighted by Gasteiger charge is -2.14. The molecule has 1 atom stereocenters. The van der Waals surface area contributed by atoms with Crippen LogP contribution in [0, 0.1) is 6.92 Å². The summed E-state index contributed by atoms with van der Waals surface area (Å²) in [6.07, 6.45) is 4.97. The zero-order valence-electron chi connectivity index (χ0n) is 14.1. The van der Waals surface area contributed by atoms with Gasteiger partial charge >= 0.3 is 0 Å². The van der Waals surface area contributed by atoms with Gasteiger partial charge in [0.15, 0.2) is 5.82 Å². The molecule has 132 valence electrons.